The predicted molar refractivity (Wildman–Crippen MR) is 58.6 cm³/mol. The molecule has 3 N–H and O–H groups in total. The van der Waals surface area contributed by atoms with Gasteiger partial charge in [-0.3, -0.25) is 0 Å². The van der Waals surface area contributed by atoms with Gasteiger partial charge in [0.25, 0.3) is 0 Å². The van der Waals surface area contributed by atoms with E-state index >= 15 is 0 Å². The lowest BCUT2D eigenvalue weighted by molar-refractivity contribution is 0.181. The highest BCUT2D eigenvalue weighted by molar-refractivity contribution is 6.33. The van der Waals surface area contributed by atoms with E-state index in [9.17, 15) is 5.11 Å². The number of nitrogens with two attached hydrogens (primary N) is 1. The zero-order valence-corrected chi connectivity index (χ0v) is 9.41. The largest absolute Gasteiger partial charge is 0.496 e. The van der Waals surface area contributed by atoms with Gasteiger partial charge in [0.1, 0.15) is 11.5 Å². The van der Waals surface area contributed by atoms with Gasteiger partial charge in [0.15, 0.2) is 0 Å². The van der Waals surface area contributed by atoms with E-state index < -0.39 is 6.10 Å². The maximum Gasteiger partial charge on any atom is 0.138 e. The molecule has 4 nitrogen and oxygen atoms in total. The first-order valence-electron chi connectivity index (χ1n) is 4.44. The van der Waals surface area contributed by atoms with Crippen LogP contribution >= 0.6 is 11.6 Å². The fraction of sp³-hybridized carbons (Fsp3) is 0.400. The number of halogens is 1. The first-order valence-corrected chi connectivity index (χ1v) is 4.82. The fourth-order valence-electron chi connectivity index (χ4n) is 1.32. The Bertz CT molecular complexity index is 344. The second-order valence-electron chi connectivity index (χ2n) is 2.95. The average Bonchev–Trinajstić information content (AvgIpc) is 2.27. The zero-order chi connectivity index (χ0) is 11.4. The quantitative estimate of drug-likeness (QED) is 0.821. The molecule has 1 aromatic rings. The standard InChI is InChI=1S/C10H14ClNO3/c1-14-7-3-4-8(15-2)10(11)9(7)6(13)5-12/h3-4,6,13H,5,12H2,1-2H3. The summed E-state index contributed by atoms with van der Waals surface area (Å²) in [4.78, 5) is 0. The fourth-order valence-corrected chi connectivity index (χ4v) is 1.68. The van der Waals surface area contributed by atoms with Gasteiger partial charge >= 0.3 is 0 Å². The highest BCUT2D eigenvalue weighted by Gasteiger charge is 2.19. The van der Waals surface area contributed by atoms with Crippen LogP contribution in [0.25, 0.3) is 0 Å². The van der Waals surface area contributed by atoms with E-state index in [0.29, 0.717) is 22.1 Å². The molecule has 0 spiro atoms. The van der Waals surface area contributed by atoms with Crippen molar-refractivity contribution in [3.63, 3.8) is 0 Å². The first-order chi connectivity index (χ1) is 7.15. The summed E-state index contributed by atoms with van der Waals surface area (Å²) < 4.78 is 10.1. The molecule has 0 saturated carbocycles. The van der Waals surface area contributed by atoms with Gasteiger partial charge in [-0.2, -0.15) is 0 Å². The normalized spacial score (nSPS) is 12.3. The van der Waals surface area contributed by atoms with E-state index in [2.05, 4.69) is 0 Å². The Balaban J connectivity index is 3.29. The van der Waals surface area contributed by atoms with Crippen LogP contribution in [-0.2, 0) is 0 Å². The Morgan fingerprint density at radius 1 is 1.33 bits per heavy atom. The van der Waals surface area contributed by atoms with Gasteiger partial charge in [0.05, 0.1) is 25.3 Å². The third-order valence-electron chi connectivity index (χ3n) is 2.10. The first kappa shape index (κ1) is 12.1. The van der Waals surface area contributed by atoms with Crippen LogP contribution in [0.2, 0.25) is 5.02 Å². The highest BCUT2D eigenvalue weighted by atomic mass is 35.5. The maximum absolute atomic E-state index is 9.70. The van der Waals surface area contributed by atoms with E-state index in [1.807, 2.05) is 0 Å². The van der Waals surface area contributed by atoms with Gasteiger partial charge in [-0.1, -0.05) is 11.6 Å². The number of benzene rings is 1. The Labute approximate surface area is 93.6 Å². The molecule has 1 atom stereocenters. The maximum atomic E-state index is 9.70. The molecule has 1 rings (SSSR count). The molecule has 84 valence electrons. The topological polar surface area (TPSA) is 64.7 Å². The molecule has 0 aliphatic heterocycles. The number of hydrogen-bond donors (Lipinski definition) is 2. The number of aliphatic hydroxyl groups excluding tert-OH is 1. The third-order valence-corrected chi connectivity index (χ3v) is 2.49. The summed E-state index contributed by atoms with van der Waals surface area (Å²) in [5.74, 6) is 0.985. The summed E-state index contributed by atoms with van der Waals surface area (Å²) in [7, 11) is 3.01. The molecule has 0 aromatic heterocycles. The van der Waals surface area contributed by atoms with Crippen molar-refractivity contribution >= 4 is 11.6 Å². The molecular weight excluding hydrogens is 218 g/mol. The SMILES string of the molecule is COc1ccc(OC)c(C(O)CN)c1Cl. The molecule has 0 fully saturated rings. The van der Waals surface area contributed by atoms with Gasteiger partial charge in [0.2, 0.25) is 0 Å². The lowest BCUT2D eigenvalue weighted by Crippen LogP contribution is -2.13. The van der Waals surface area contributed by atoms with Crippen LogP contribution in [-0.4, -0.2) is 25.9 Å². The van der Waals surface area contributed by atoms with E-state index in [0.717, 1.165) is 0 Å². The summed E-state index contributed by atoms with van der Waals surface area (Å²) in [6.07, 6.45) is -0.859. The van der Waals surface area contributed by atoms with Crippen molar-refractivity contribution in [3.8, 4) is 11.5 Å². The number of rotatable bonds is 4. The predicted octanol–water partition coefficient (Wildman–Crippen LogP) is 1.35. The van der Waals surface area contributed by atoms with E-state index in [4.69, 9.17) is 26.8 Å². The third kappa shape index (κ3) is 2.34. The molecule has 1 aromatic carbocycles. The monoisotopic (exact) mass is 231 g/mol. The minimum Gasteiger partial charge on any atom is -0.496 e. The van der Waals surface area contributed by atoms with Crippen molar-refractivity contribution in [3.05, 3.63) is 22.7 Å². The van der Waals surface area contributed by atoms with E-state index in [1.165, 1.54) is 14.2 Å². The molecule has 0 aliphatic rings. The Morgan fingerprint density at radius 3 is 2.33 bits per heavy atom. The molecule has 15 heavy (non-hydrogen) atoms. The molecule has 0 amide bonds. The van der Waals surface area contributed by atoms with E-state index in [-0.39, 0.29) is 6.54 Å². The van der Waals surface area contributed by atoms with Crippen molar-refractivity contribution in [1.82, 2.24) is 0 Å². The van der Waals surface area contributed by atoms with Crippen LogP contribution in [0.1, 0.15) is 11.7 Å². The summed E-state index contributed by atoms with van der Waals surface area (Å²) in [6, 6.07) is 3.35. The van der Waals surface area contributed by atoms with E-state index in [1.54, 1.807) is 12.1 Å². The summed E-state index contributed by atoms with van der Waals surface area (Å²) in [6.45, 7) is 0.0727. The summed E-state index contributed by atoms with van der Waals surface area (Å²) in [5.41, 5.74) is 5.84. The lowest BCUT2D eigenvalue weighted by atomic mass is 10.1. The molecular formula is C10H14ClNO3. The molecule has 0 bridgehead atoms. The van der Waals surface area contributed by atoms with Crippen LogP contribution in [0, 0.1) is 0 Å². The Morgan fingerprint density at radius 2 is 1.87 bits per heavy atom. The minimum absolute atomic E-state index is 0.0727. The van der Waals surface area contributed by atoms with Gasteiger partial charge in [-0.15, -0.1) is 0 Å². The molecule has 5 heteroatoms. The highest BCUT2D eigenvalue weighted by Crippen LogP contribution is 2.38. The second kappa shape index (κ2) is 5.21. The molecule has 0 radical (unpaired) electrons. The zero-order valence-electron chi connectivity index (χ0n) is 8.66. The Kier molecular flexibility index (Phi) is 4.20. The van der Waals surface area contributed by atoms with Crippen LogP contribution in [0.5, 0.6) is 11.5 Å². The Hall–Kier alpha value is -0.970. The van der Waals surface area contributed by atoms with Crippen molar-refractivity contribution < 1.29 is 14.6 Å². The number of aliphatic hydroxyl groups is 1. The van der Waals surface area contributed by atoms with Gasteiger partial charge in [0, 0.05) is 12.1 Å². The number of ether oxygens (including phenoxy) is 2. The van der Waals surface area contributed by atoms with Gasteiger partial charge < -0.3 is 20.3 Å². The molecule has 1 unspecified atom stereocenters. The second-order valence-corrected chi connectivity index (χ2v) is 3.33. The van der Waals surface area contributed by atoms with Crippen molar-refractivity contribution in [2.24, 2.45) is 5.73 Å². The number of methoxy groups -OCH3 is 2. The number of hydrogen-bond acceptors (Lipinski definition) is 4. The average molecular weight is 232 g/mol. The smallest absolute Gasteiger partial charge is 0.138 e. The van der Waals surface area contributed by atoms with Gasteiger partial charge in [-0.05, 0) is 12.1 Å². The lowest BCUT2D eigenvalue weighted by Gasteiger charge is -2.16. The van der Waals surface area contributed by atoms with Crippen molar-refractivity contribution in [2.45, 2.75) is 6.10 Å². The van der Waals surface area contributed by atoms with Crippen molar-refractivity contribution in [1.29, 1.82) is 0 Å². The van der Waals surface area contributed by atoms with Gasteiger partial charge in [-0.25, -0.2) is 0 Å². The summed E-state index contributed by atoms with van der Waals surface area (Å²) in [5, 5.41) is 10.0. The molecule has 0 aliphatic carbocycles. The minimum atomic E-state index is -0.859. The van der Waals surface area contributed by atoms with Crippen LogP contribution < -0.4 is 15.2 Å². The van der Waals surface area contributed by atoms with Crippen molar-refractivity contribution in [2.75, 3.05) is 20.8 Å². The van der Waals surface area contributed by atoms with Crippen LogP contribution in [0.3, 0.4) is 0 Å². The molecule has 0 saturated heterocycles. The van der Waals surface area contributed by atoms with Crippen LogP contribution in [0.15, 0.2) is 12.1 Å². The summed E-state index contributed by atoms with van der Waals surface area (Å²) >= 11 is 6.05. The molecule has 0 heterocycles. The van der Waals surface area contributed by atoms with Crippen LogP contribution in [0.4, 0.5) is 0 Å².